The van der Waals surface area contributed by atoms with Crippen LogP contribution in [0.3, 0.4) is 0 Å². The molecule has 5 bridgehead atoms. The second kappa shape index (κ2) is 21.5. The van der Waals surface area contributed by atoms with E-state index in [-0.39, 0.29) is 57.6 Å². The third-order valence-corrected chi connectivity index (χ3v) is 12.1. The molecule has 3 heterocycles. The lowest BCUT2D eigenvalue weighted by Crippen LogP contribution is -2.46. The Morgan fingerprint density at radius 1 is 0.968 bits per heavy atom. The molecule has 17 heteroatoms. The third-order valence-electron chi connectivity index (χ3n) is 12.1. The van der Waals surface area contributed by atoms with E-state index in [1.807, 2.05) is 0 Å². The Morgan fingerprint density at radius 2 is 1.65 bits per heavy atom. The number of Topliss-reactive ketones (excluding diaryl/α,β-unsaturated/α-hetero) is 1. The first kappa shape index (κ1) is 50.4. The van der Waals surface area contributed by atoms with E-state index in [1.165, 1.54) is 53.2 Å². The van der Waals surface area contributed by atoms with Gasteiger partial charge in [0.25, 0.3) is 11.7 Å². The average Bonchev–Trinajstić information content (AvgIpc) is 3.51. The first-order valence-corrected chi connectivity index (χ1v) is 21.3. The lowest BCUT2D eigenvalue weighted by Gasteiger charge is -2.38. The number of methoxy groups -OCH3 is 1. The van der Waals surface area contributed by atoms with Crippen LogP contribution >= 0.6 is 0 Å². The molecular weight excluding hydrogens is 819 g/mol. The second-order valence-electron chi connectivity index (χ2n) is 16.7. The molecule has 10 atom stereocenters. The molecule has 2 aromatic carbocycles. The quantitative estimate of drug-likeness (QED) is 0.0645. The minimum absolute atomic E-state index is 0.0136. The molecule has 17 nitrogen and oxygen atoms in total. The van der Waals surface area contributed by atoms with Crippen LogP contribution in [0.15, 0.2) is 36.1 Å². The van der Waals surface area contributed by atoms with E-state index in [0.717, 1.165) is 0 Å². The van der Waals surface area contributed by atoms with Crippen LogP contribution in [0.2, 0.25) is 0 Å². The normalized spacial score (nSPS) is 29.3. The van der Waals surface area contributed by atoms with Crippen molar-refractivity contribution in [1.29, 1.82) is 0 Å². The largest absolute Gasteiger partial charge is 0.507 e. The van der Waals surface area contributed by atoms with Crippen molar-refractivity contribution in [2.75, 3.05) is 25.6 Å². The molecule has 0 radical (unpaired) electrons. The number of ketones is 1. The molecule has 3 aliphatic rings. The van der Waals surface area contributed by atoms with Gasteiger partial charge in [0.05, 0.1) is 47.8 Å². The maximum Gasteiger partial charge on any atom is 0.323 e. The summed E-state index contributed by atoms with van der Waals surface area (Å²) in [6.07, 6.45) is 4.78. The number of aliphatic hydroxyl groups excluding tert-OH is 2. The van der Waals surface area contributed by atoms with E-state index in [1.54, 1.807) is 46.8 Å². The van der Waals surface area contributed by atoms with Crippen LogP contribution < -0.4 is 21.1 Å². The first-order chi connectivity index (χ1) is 29.7. The molecule has 63 heavy (non-hydrogen) atoms. The van der Waals surface area contributed by atoms with E-state index < -0.39 is 101 Å². The number of rotatable bonds is 11. The van der Waals surface area contributed by atoms with Crippen LogP contribution in [0, 0.1) is 30.6 Å². The van der Waals surface area contributed by atoms with E-state index in [9.17, 15) is 44.7 Å². The Kier molecular flexibility index (Phi) is 17.2. The second-order valence-corrected chi connectivity index (χ2v) is 16.7. The van der Waals surface area contributed by atoms with Crippen molar-refractivity contribution in [3.8, 4) is 23.0 Å². The van der Waals surface area contributed by atoms with Gasteiger partial charge in [0.2, 0.25) is 0 Å². The van der Waals surface area contributed by atoms with E-state index in [2.05, 4.69) is 10.6 Å². The van der Waals surface area contributed by atoms with Crippen LogP contribution in [-0.4, -0.2) is 106 Å². The summed E-state index contributed by atoms with van der Waals surface area (Å²) in [7, 11) is 1.42. The zero-order chi connectivity index (χ0) is 47.1. The fourth-order valence-electron chi connectivity index (χ4n) is 8.22. The number of anilines is 1. The van der Waals surface area contributed by atoms with Gasteiger partial charge >= 0.3 is 17.7 Å². The molecule has 0 aliphatic carbocycles. The summed E-state index contributed by atoms with van der Waals surface area (Å²) in [4.78, 5) is 53.8. The van der Waals surface area contributed by atoms with Crippen LogP contribution in [0.25, 0.3) is 10.8 Å². The van der Waals surface area contributed by atoms with Crippen molar-refractivity contribution < 1.29 is 68.4 Å². The highest BCUT2D eigenvalue weighted by Gasteiger charge is 2.50. The fraction of sp³-hybridized carbons (Fsp3) is 0.565. The number of unbranched alkanes of at least 4 members (excludes halogenated alkanes) is 1. The van der Waals surface area contributed by atoms with Gasteiger partial charge in [0, 0.05) is 73.3 Å². The smallest absolute Gasteiger partial charge is 0.323 e. The molecule has 2 aromatic rings. The van der Waals surface area contributed by atoms with Crippen molar-refractivity contribution in [2.24, 2.45) is 29.4 Å². The van der Waals surface area contributed by atoms with Crippen LogP contribution in [0.4, 0.5) is 5.69 Å². The van der Waals surface area contributed by atoms with E-state index >= 15 is 0 Å². The summed E-state index contributed by atoms with van der Waals surface area (Å²) < 4.78 is 28.9. The Morgan fingerprint density at radius 3 is 2.27 bits per heavy atom. The lowest BCUT2D eigenvalue weighted by atomic mass is 9.78. The number of allylic oxidation sites excluding steroid dienone is 2. The van der Waals surface area contributed by atoms with Crippen molar-refractivity contribution in [2.45, 2.75) is 124 Å². The summed E-state index contributed by atoms with van der Waals surface area (Å²) in [5.74, 6) is -9.41. The van der Waals surface area contributed by atoms with E-state index in [0.29, 0.717) is 25.8 Å². The number of fused-ring (bicyclic) bond motifs is 14. The summed E-state index contributed by atoms with van der Waals surface area (Å²) in [6, 6.07) is -0.901. The number of carbonyl (C=O) groups is 4. The molecule has 0 unspecified atom stereocenters. The van der Waals surface area contributed by atoms with Gasteiger partial charge in [-0.25, -0.2) is 0 Å². The Bertz CT molecular complexity index is 2120. The fourth-order valence-corrected chi connectivity index (χ4v) is 8.22. The van der Waals surface area contributed by atoms with Gasteiger partial charge < -0.3 is 65.6 Å². The van der Waals surface area contributed by atoms with E-state index in [4.69, 9.17) is 29.4 Å². The summed E-state index contributed by atoms with van der Waals surface area (Å²) >= 11 is 0. The van der Waals surface area contributed by atoms with Crippen LogP contribution in [-0.2, 0) is 39.9 Å². The van der Waals surface area contributed by atoms with Crippen molar-refractivity contribution in [3.63, 3.8) is 0 Å². The number of phenolic OH excluding ortho intramolecular Hbond substituents is 3. The third kappa shape index (κ3) is 10.8. The molecule has 0 saturated heterocycles. The Labute approximate surface area is 368 Å². The number of hydrogen-bond donors (Lipinski definition) is 8. The van der Waals surface area contributed by atoms with Crippen molar-refractivity contribution >= 4 is 40.1 Å². The Balaban J connectivity index is 1.97. The van der Waals surface area contributed by atoms with Crippen molar-refractivity contribution in [3.05, 3.63) is 52.8 Å². The van der Waals surface area contributed by atoms with Gasteiger partial charge in [-0.3, -0.25) is 19.2 Å². The van der Waals surface area contributed by atoms with Crippen LogP contribution in [0.5, 0.6) is 23.0 Å². The number of aliphatic hydroxyl groups is 2. The number of hydrogen-bond acceptors (Lipinski definition) is 16. The highest BCUT2D eigenvalue weighted by Crippen LogP contribution is 2.55. The molecule has 0 fully saturated rings. The number of benzene rings is 2. The number of nitrogens with one attached hydrogen (secondary N) is 2. The number of esters is 2. The first-order valence-electron chi connectivity index (χ1n) is 21.3. The van der Waals surface area contributed by atoms with Gasteiger partial charge in [-0.2, -0.15) is 0 Å². The average molecular weight is 884 g/mol. The molecule has 348 valence electrons. The number of aromatic hydroxyl groups is 3. The topological polar surface area (TPSA) is 266 Å². The van der Waals surface area contributed by atoms with Gasteiger partial charge in [-0.1, -0.05) is 52.3 Å². The predicted molar refractivity (Wildman–Crippen MR) is 234 cm³/mol. The molecule has 5 rings (SSSR count). The van der Waals surface area contributed by atoms with Crippen LogP contribution in [0.1, 0.15) is 96.1 Å². The predicted octanol–water partition coefficient (Wildman–Crippen LogP) is 4.90. The molecule has 0 saturated carbocycles. The monoisotopic (exact) mass is 883 g/mol. The lowest BCUT2D eigenvalue weighted by molar-refractivity contribution is -0.160. The highest BCUT2D eigenvalue weighted by atomic mass is 16.7. The Hall–Kier alpha value is -5.20. The molecular formula is C46H65N3O14. The standard InChI is InChI=1S/C46H65N3O14/c1-11-60-45(58)30(17-12-13-19-47)48-21-29-35-40(55)33-32(39(29)54)34-42(27(7)38(33)53)63-46(9,43(34)56)61-20-18-31(59-10)24(4)41(62-28(8)50)26(6)37(52)25(5)36(51)22(2)15-14-16-23(3)44(57)49-35/h14-16,18,20,22,24-26,30-31,36-37,41,48,51-55H,11-13,17,19,21,47H2,1-10H3,(H,49,57)/b15-14+,20-18+,23-16-/t22-,24+,25+,26+,30-,31-,36-,37+,41+,46-/m0/s1. The summed E-state index contributed by atoms with van der Waals surface area (Å²) in [6.45, 7) is 14.1. The van der Waals surface area contributed by atoms with Crippen molar-refractivity contribution in [1.82, 2.24) is 5.32 Å². The maximum absolute atomic E-state index is 14.5. The number of carbonyl (C=O) groups excluding carboxylic acids is 4. The number of ether oxygens (including phenoxy) is 5. The van der Waals surface area contributed by atoms with Gasteiger partial charge in [0.15, 0.2) is 5.75 Å². The maximum atomic E-state index is 14.5. The molecule has 3 aliphatic heterocycles. The van der Waals surface area contributed by atoms with Gasteiger partial charge in [-0.15, -0.1) is 0 Å². The zero-order valence-electron chi connectivity index (χ0n) is 37.8. The number of phenols is 3. The minimum atomic E-state index is -2.10. The SMILES string of the molecule is CCOC(=O)[C@H](CCCCN)NCc1c2c(O)c3c(O)c(C)c4c(c3c1O)C(=O)[C@@](C)(O/C=C/[C@H](OC)[C@@H](C)[C@@H](OC(C)=O)[C@H](C)[C@H](O)[C@H](C)[C@@H](O)[C@@H](C)/C=C/C=C(/C)C(=O)N2)O4. The number of amides is 1. The van der Waals surface area contributed by atoms with Gasteiger partial charge in [-0.05, 0) is 46.2 Å². The van der Waals surface area contributed by atoms with Gasteiger partial charge in [0.1, 0.15) is 29.4 Å². The summed E-state index contributed by atoms with van der Waals surface area (Å²) in [5, 5.41) is 63.9. The number of nitrogens with two attached hydrogens (primary N) is 1. The molecule has 0 aromatic heterocycles. The molecule has 1 amide bonds. The summed E-state index contributed by atoms with van der Waals surface area (Å²) in [5.41, 5.74) is 5.15. The molecule has 9 N–H and O–H groups in total. The minimum Gasteiger partial charge on any atom is -0.507 e. The zero-order valence-corrected chi connectivity index (χ0v) is 37.8. The molecule has 0 spiro atoms. The highest BCUT2D eigenvalue weighted by molar-refractivity contribution is 6.22.